The monoisotopic (exact) mass is 220 g/mol. The summed E-state index contributed by atoms with van der Waals surface area (Å²) in [6.45, 7) is 1.01. The summed E-state index contributed by atoms with van der Waals surface area (Å²) in [5.41, 5.74) is 9.13. The molecule has 1 aliphatic rings. The molecule has 0 saturated carbocycles. The van der Waals surface area contributed by atoms with Crippen molar-refractivity contribution in [3.05, 3.63) is 29.3 Å². The highest BCUT2D eigenvalue weighted by molar-refractivity contribution is 5.68. The second-order valence-electron chi connectivity index (χ2n) is 4.15. The van der Waals surface area contributed by atoms with Gasteiger partial charge in [-0.1, -0.05) is 12.1 Å². The van der Waals surface area contributed by atoms with Crippen molar-refractivity contribution in [3.8, 4) is 0 Å². The van der Waals surface area contributed by atoms with E-state index < -0.39 is 12.0 Å². The number of fused-ring (bicyclic) bond motifs is 1. The quantitative estimate of drug-likeness (QED) is 0.722. The average Bonchev–Trinajstić information content (AvgIpc) is 2.27. The third kappa shape index (κ3) is 2.33. The molecule has 0 bridgehead atoms. The Morgan fingerprint density at radius 2 is 2.38 bits per heavy atom. The van der Waals surface area contributed by atoms with E-state index in [-0.39, 0.29) is 6.42 Å². The maximum atomic E-state index is 10.6. The zero-order chi connectivity index (χ0) is 11.5. The van der Waals surface area contributed by atoms with E-state index in [0.29, 0.717) is 0 Å². The topological polar surface area (TPSA) is 75.4 Å². The summed E-state index contributed by atoms with van der Waals surface area (Å²) in [7, 11) is 0. The molecule has 0 spiro atoms. The Labute approximate surface area is 94.5 Å². The van der Waals surface area contributed by atoms with Crippen LogP contribution in [0.4, 0.5) is 5.69 Å². The van der Waals surface area contributed by atoms with Gasteiger partial charge < -0.3 is 16.2 Å². The van der Waals surface area contributed by atoms with Crippen LogP contribution in [0.2, 0.25) is 0 Å². The van der Waals surface area contributed by atoms with Gasteiger partial charge in [0.1, 0.15) is 0 Å². The molecule has 86 valence electrons. The van der Waals surface area contributed by atoms with Crippen molar-refractivity contribution in [2.24, 2.45) is 5.73 Å². The molecule has 0 radical (unpaired) electrons. The Bertz CT molecular complexity index is 404. The van der Waals surface area contributed by atoms with Crippen LogP contribution < -0.4 is 11.1 Å². The second kappa shape index (κ2) is 4.53. The zero-order valence-corrected chi connectivity index (χ0v) is 9.07. The minimum atomic E-state index is -0.858. The van der Waals surface area contributed by atoms with E-state index in [1.807, 2.05) is 18.2 Å². The van der Waals surface area contributed by atoms with Gasteiger partial charge in [-0.05, 0) is 30.0 Å². The highest BCUT2D eigenvalue weighted by Gasteiger charge is 2.14. The number of nitrogens with one attached hydrogen (secondary N) is 1. The predicted molar refractivity (Wildman–Crippen MR) is 62.4 cm³/mol. The average molecular weight is 220 g/mol. The predicted octanol–water partition coefficient (Wildman–Crippen LogP) is 1.52. The lowest BCUT2D eigenvalue weighted by molar-refractivity contribution is -0.137. The summed E-state index contributed by atoms with van der Waals surface area (Å²) in [6.07, 6.45) is 2.13. The van der Waals surface area contributed by atoms with Gasteiger partial charge in [0.25, 0.3) is 0 Å². The molecule has 1 aromatic rings. The largest absolute Gasteiger partial charge is 0.481 e. The lowest BCUT2D eigenvalue weighted by Crippen LogP contribution is -2.17. The Morgan fingerprint density at radius 1 is 1.56 bits per heavy atom. The molecule has 16 heavy (non-hydrogen) atoms. The number of carboxylic acid groups (broad SMARTS) is 1. The van der Waals surface area contributed by atoms with Gasteiger partial charge in [0, 0.05) is 18.3 Å². The van der Waals surface area contributed by atoms with Crippen molar-refractivity contribution < 1.29 is 9.90 Å². The van der Waals surface area contributed by atoms with Gasteiger partial charge in [0.05, 0.1) is 6.42 Å². The van der Waals surface area contributed by atoms with Crippen molar-refractivity contribution >= 4 is 11.7 Å². The molecule has 0 amide bonds. The first-order chi connectivity index (χ1) is 7.66. The fraction of sp³-hybridized carbons (Fsp3) is 0.417. The van der Waals surface area contributed by atoms with E-state index in [1.54, 1.807) is 0 Å². The van der Waals surface area contributed by atoms with Gasteiger partial charge >= 0.3 is 5.97 Å². The van der Waals surface area contributed by atoms with Crippen LogP contribution >= 0.6 is 0 Å². The minimum Gasteiger partial charge on any atom is -0.481 e. The molecular weight excluding hydrogens is 204 g/mol. The smallest absolute Gasteiger partial charge is 0.305 e. The molecule has 4 N–H and O–H groups in total. The van der Waals surface area contributed by atoms with E-state index in [1.165, 1.54) is 5.56 Å². The first-order valence-corrected chi connectivity index (χ1v) is 5.51. The summed E-state index contributed by atoms with van der Waals surface area (Å²) in [4.78, 5) is 10.6. The molecule has 1 unspecified atom stereocenters. The number of carbonyl (C=O) groups is 1. The van der Waals surface area contributed by atoms with Crippen LogP contribution in [0.25, 0.3) is 0 Å². The number of aliphatic carboxylic acids is 1. The van der Waals surface area contributed by atoms with Gasteiger partial charge in [0.15, 0.2) is 0 Å². The number of rotatable bonds is 3. The normalized spacial score (nSPS) is 16.1. The standard InChI is InChI=1S/C12H16N2O2/c13-10(7-12(15)16)8-3-4-11-9(6-8)2-1-5-14-11/h3-4,6,10,14H,1-2,5,7,13H2,(H,15,16). The lowest BCUT2D eigenvalue weighted by Gasteiger charge is -2.20. The van der Waals surface area contributed by atoms with E-state index in [2.05, 4.69) is 5.32 Å². The molecule has 1 aromatic carbocycles. The van der Waals surface area contributed by atoms with Crippen molar-refractivity contribution in [1.82, 2.24) is 0 Å². The summed E-state index contributed by atoms with van der Waals surface area (Å²) in [6, 6.07) is 5.51. The Kier molecular flexibility index (Phi) is 3.10. The van der Waals surface area contributed by atoms with Crippen LogP contribution in [0.5, 0.6) is 0 Å². The molecule has 1 aliphatic heterocycles. The van der Waals surface area contributed by atoms with Gasteiger partial charge in [0.2, 0.25) is 0 Å². The number of nitrogens with two attached hydrogens (primary N) is 1. The molecule has 4 nitrogen and oxygen atoms in total. The van der Waals surface area contributed by atoms with Crippen LogP contribution in [0.1, 0.15) is 30.0 Å². The number of anilines is 1. The van der Waals surface area contributed by atoms with Crippen LogP contribution in [0.15, 0.2) is 18.2 Å². The van der Waals surface area contributed by atoms with Gasteiger partial charge in [-0.2, -0.15) is 0 Å². The summed E-state index contributed by atoms with van der Waals surface area (Å²) in [5.74, 6) is -0.858. The maximum Gasteiger partial charge on any atom is 0.305 e. The molecule has 1 atom stereocenters. The number of benzene rings is 1. The van der Waals surface area contributed by atoms with Crippen molar-refractivity contribution in [1.29, 1.82) is 0 Å². The van der Waals surface area contributed by atoms with Crippen LogP contribution in [-0.4, -0.2) is 17.6 Å². The minimum absolute atomic E-state index is 0.0216. The van der Waals surface area contributed by atoms with Gasteiger partial charge in [-0.15, -0.1) is 0 Å². The Balaban J connectivity index is 2.19. The van der Waals surface area contributed by atoms with Crippen LogP contribution in [0, 0.1) is 0 Å². The van der Waals surface area contributed by atoms with Crippen LogP contribution in [-0.2, 0) is 11.2 Å². The molecule has 1 heterocycles. The number of aryl methyl sites for hydroxylation is 1. The molecule has 0 fully saturated rings. The molecule has 4 heteroatoms. The van der Waals surface area contributed by atoms with Gasteiger partial charge in [-0.25, -0.2) is 0 Å². The molecule has 2 rings (SSSR count). The van der Waals surface area contributed by atoms with Crippen molar-refractivity contribution in [2.75, 3.05) is 11.9 Å². The first-order valence-electron chi connectivity index (χ1n) is 5.51. The Morgan fingerprint density at radius 3 is 3.12 bits per heavy atom. The highest BCUT2D eigenvalue weighted by Crippen LogP contribution is 2.25. The third-order valence-corrected chi connectivity index (χ3v) is 2.89. The zero-order valence-electron chi connectivity index (χ0n) is 9.07. The first kappa shape index (κ1) is 11.0. The van der Waals surface area contributed by atoms with Gasteiger partial charge in [-0.3, -0.25) is 4.79 Å². The summed E-state index contributed by atoms with van der Waals surface area (Å²) in [5, 5.41) is 12.0. The van der Waals surface area contributed by atoms with E-state index in [4.69, 9.17) is 10.8 Å². The summed E-state index contributed by atoms with van der Waals surface area (Å²) < 4.78 is 0. The van der Waals surface area contributed by atoms with E-state index >= 15 is 0 Å². The number of hydrogen-bond acceptors (Lipinski definition) is 3. The lowest BCUT2D eigenvalue weighted by atomic mass is 9.97. The van der Waals surface area contributed by atoms with Crippen molar-refractivity contribution in [3.63, 3.8) is 0 Å². The second-order valence-corrected chi connectivity index (χ2v) is 4.15. The fourth-order valence-electron chi connectivity index (χ4n) is 2.03. The van der Waals surface area contributed by atoms with E-state index in [9.17, 15) is 4.79 Å². The van der Waals surface area contributed by atoms with E-state index in [0.717, 1.165) is 30.6 Å². The highest BCUT2D eigenvalue weighted by atomic mass is 16.4. The molecule has 0 aliphatic carbocycles. The number of hydrogen-bond donors (Lipinski definition) is 3. The fourth-order valence-corrected chi connectivity index (χ4v) is 2.03. The molecule has 0 aromatic heterocycles. The summed E-state index contributed by atoms with van der Waals surface area (Å²) >= 11 is 0. The van der Waals surface area contributed by atoms with Crippen molar-refractivity contribution in [2.45, 2.75) is 25.3 Å². The Hall–Kier alpha value is -1.55. The molecule has 0 saturated heterocycles. The van der Waals surface area contributed by atoms with Crippen LogP contribution in [0.3, 0.4) is 0 Å². The SMILES string of the molecule is NC(CC(=O)O)c1ccc2c(c1)CCCN2. The number of carboxylic acids is 1. The third-order valence-electron chi connectivity index (χ3n) is 2.89. The molecular formula is C12H16N2O2. The maximum absolute atomic E-state index is 10.6.